The monoisotopic (exact) mass is 548 g/mol. The van der Waals surface area contributed by atoms with E-state index in [2.05, 4.69) is 0 Å². The molecule has 0 radical (unpaired) electrons. The van der Waals surface area contributed by atoms with Gasteiger partial charge in [0.05, 0.1) is 60.8 Å². The molecule has 0 aliphatic heterocycles. The molecule has 0 saturated carbocycles. The average Bonchev–Trinajstić information content (AvgIpc) is 3.85. The molecule has 3 nitrogen and oxygen atoms in total. The van der Waals surface area contributed by atoms with E-state index >= 15 is 0 Å². The zero-order valence-electron chi connectivity index (χ0n) is 36.1. The second-order valence-corrected chi connectivity index (χ2v) is 9.58. The summed E-state index contributed by atoms with van der Waals surface area (Å²) in [5.41, 5.74) is -0.393. The Bertz CT molecular complexity index is 3190. The number of hydrogen-bond donors (Lipinski definition) is 0. The molecule has 9 aromatic rings. The highest BCUT2D eigenvalue weighted by Gasteiger charge is 2.21. The van der Waals surface area contributed by atoms with Gasteiger partial charge >= 0.3 is 0 Å². The minimum Gasteiger partial charge on any atom is -0.456 e. The van der Waals surface area contributed by atoms with E-state index in [1.54, 1.807) is 18.2 Å². The lowest BCUT2D eigenvalue weighted by atomic mass is 10.1. The summed E-state index contributed by atoms with van der Waals surface area (Å²) < 4.78 is 149. The molecular weight excluding hydrogens is 512 g/mol. The molecule has 3 aromatic heterocycles. The van der Waals surface area contributed by atoms with Crippen LogP contribution in [-0.4, -0.2) is 9.13 Å². The lowest BCUT2D eigenvalue weighted by Crippen LogP contribution is -1.99. The Morgan fingerprint density at radius 1 is 0.525 bits per heavy atom. The number of fused-ring (bicyclic) bond motifs is 9. The number of halogens is 1. The first-order valence-corrected chi connectivity index (χ1v) is 12.5. The van der Waals surface area contributed by atoms with Crippen molar-refractivity contribution in [3.05, 3.63) is 132 Å². The highest BCUT2D eigenvalue weighted by atomic mass is 35.5. The van der Waals surface area contributed by atoms with Crippen molar-refractivity contribution in [3.8, 4) is 11.4 Å². The minimum atomic E-state index is -0.649. The van der Waals surface area contributed by atoms with Crippen LogP contribution in [-0.2, 0) is 0 Å². The van der Waals surface area contributed by atoms with Gasteiger partial charge < -0.3 is 13.6 Å². The summed E-state index contributed by atoms with van der Waals surface area (Å²) in [6.07, 6.45) is 0. The zero-order chi connectivity index (χ0) is 40.3. The van der Waals surface area contributed by atoms with E-state index in [1.807, 2.05) is 0 Å². The summed E-state index contributed by atoms with van der Waals surface area (Å²) in [6, 6.07) is -1.95. The number of para-hydroxylation sites is 4. The van der Waals surface area contributed by atoms with Crippen LogP contribution >= 0.6 is 11.6 Å². The Morgan fingerprint density at radius 2 is 1.02 bits per heavy atom. The fourth-order valence-corrected chi connectivity index (χ4v) is 5.66. The van der Waals surface area contributed by atoms with E-state index in [0.717, 1.165) is 0 Å². The van der Waals surface area contributed by atoms with Gasteiger partial charge in [-0.05, 0) is 48.4 Å². The molecular formula is C36H21ClN2O. The third kappa shape index (κ3) is 2.90. The fourth-order valence-electron chi connectivity index (χ4n) is 5.49. The quantitative estimate of drug-likeness (QED) is 0.211. The van der Waals surface area contributed by atoms with E-state index in [0.29, 0.717) is 11.0 Å². The van der Waals surface area contributed by atoms with Crippen LogP contribution in [0.25, 0.3) is 76.9 Å². The van der Waals surface area contributed by atoms with Crippen LogP contribution in [0.4, 0.5) is 0 Å². The number of nitrogens with zero attached hydrogens (tertiary/aromatic N) is 2. The highest BCUT2D eigenvalue weighted by Crippen LogP contribution is 2.42. The van der Waals surface area contributed by atoms with E-state index in [-0.39, 0.29) is 71.0 Å². The summed E-state index contributed by atoms with van der Waals surface area (Å²) in [5, 5.41) is 0.208. The maximum atomic E-state index is 9.12. The van der Waals surface area contributed by atoms with Crippen molar-refractivity contribution in [3.63, 3.8) is 0 Å². The fraction of sp³-hybridized carbons (Fsp3) is 0. The van der Waals surface area contributed by atoms with Gasteiger partial charge in [0.15, 0.2) is 0 Å². The first kappa shape index (κ1) is 11.6. The van der Waals surface area contributed by atoms with Crippen LogP contribution in [0.15, 0.2) is 131 Å². The zero-order valence-corrected chi connectivity index (χ0v) is 20.8. The highest BCUT2D eigenvalue weighted by molar-refractivity contribution is 6.32. The van der Waals surface area contributed by atoms with Gasteiger partial charge in [0.1, 0.15) is 11.2 Å². The predicted octanol–water partition coefficient (Wildman–Crippen LogP) is 10.4. The summed E-state index contributed by atoms with van der Waals surface area (Å²) >= 11 is 6.48. The van der Waals surface area contributed by atoms with Crippen LogP contribution in [0.2, 0.25) is 5.02 Å². The van der Waals surface area contributed by atoms with E-state index in [4.69, 9.17) is 38.0 Å². The van der Waals surface area contributed by atoms with Crippen LogP contribution < -0.4 is 0 Å². The summed E-state index contributed by atoms with van der Waals surface area (Å²) in [5.74, 6) is 0. The molecule has 6 aromatic carbocycles. The summed E-state index contributed by atoms with van der Waals surface area (Å²) in [4.78, 5) is 0. The molecule has 0 amide bonds. The van der Waals surface area contributed by atoms with Gasteiger partial charge in [-0.2, -0.15) is 0 Å². The Morgan fingerprint density at radius 3 is 1.57 bits per heavy atom. The van der Waals surface area contributed by atoms with Gasteiger partial charge in [0.2, 0.25) is 0 Å². The maximum Gasteiger partial charge on any atom is 0.139 e. The third-order valence-electron chi connectivity index (χ3n) is 7.06. The van der Waals surface area contributed by atoms with Gasteiger partial charge in [-0.1, -0.05) is 84.1 Å². The lowest BCUT2D eigenvalue weighted by Gasteiger charge is -2.14. The van der Waals surface area contributed by atoms with Crippen molar-refractivity contribution in [2.45, 2.75) is 0 Å². The van der Waals surface area contributed by atoms with Crippen LogP contribution in [0.1, 0.15) is 21.9 Å². The molecule has 0 fully saturated rings. The molecule has 0 spiro atoms. The van der Waals surface area contributed by atoms with Crippen molar-refractivity contribution in [1.29, 1.82) is 0 Å². The standard InChI is InChI=1S/C36H21ClN2O/c37-22-17-18-34-28(19-22)36-33(39-31-15-7-3-11-26(31)27-12-4-8-16-32(27)39)20-23(21-35(36)40-34)38-29-13-5-1-9-24(29)25-10-2-6-14-30(25)38/h1-21H/i1D,2D,3D,4D,5D,6D,7D,8D,9D,10D,11D,12D,13D,14D,15D,16D. The van der Waals surface area contributed by atoms with E-state index < -0.39 is 96.7 Å². The van der Waals surface area contributed by atoms with Crippen LogP contribution in [0.3, 0.4) is 0 Å². The predicted molar refractivity (Wildman–Crippen MR) is 167 cm³/mol. The van der Waals surface area contributed by atoms with Crippen LogP contribution in [0, 0.1) is 0 Å². The molecule has 0 unspecified atom stereocenters. The van der Waals surface area contributed by atoms with Gasteiger partial charge in [-0.3, -0.25) is 0 Å². The molecule has 0 aliphatic rings. The second-order valence-electron chi connectivity index (χ2n) is 9.15. The maximum absolute atomic E-state index is 9.12. The molecule has 4 heteroatoms. The Hall–Kier alpha value is -4.99. The number of aromatic nitrogens is 2. The third-order valence-corrected chi connectivity index (χ3v) is 7.30. The Labute approximate surface area is 256 Å². The summed E-state index contributed by atoms with van der Waals surface area (Å²) in [6.45, 7) is 0. The van der Waals surface area contributed by atoms with Crippen molar-refractivity contribution >= 4 is 77.2 Å². The minimum absolute atomic E-state index is 0.0180. The topological polar surface area (TPSA) is 23.0 Å². The number of hydrogen-bond acceptors (Lipinski definition) is 1. The van der Waals surface area contributed by atoms with E-state index in [1.165, 1.54) is 21.3 Å². The lowest BCUT2D eigenvalue weighted by molar-refractivity contribution is 0.668. The van der Waals surface area contributed by atoms with Crippen LogP contribution in [0.5, 0.6) is 0 Å². The van der Waals surface area contributed by atoms with Gasteiger partial charge in [-0.15, -0.1) is 0 Å². The molecule has 0 N–H and O–H groups in total. The Balaban J connectivity index is 1.61. The first-order valence-electron chi connectivity index (χ1n) is 20.1. The molecule has 188 valence electrons. The SMILES string of the molecule is [2H]c1c([2H])c([2H])c2c(c1[2H])c1c([2H])c([2H])c([2H])c([2H])c1n2-c1cc(-n2c3c([2H])c([2H])c([2H])c([2H])c3c3c([2H])c([2H])c([2H])c([2H])c32)c2c(c1)oc1ccc(Cl)cc12. The van der Waals surface area contributed by atoms with Gasteiger partial charge in [0.25, 0.3) is 0 Å². The van der Waals surface area contributed by atoms with Gasteiger partial charge in [0, 0.05) is 38.0 Å². The van der Waals surface area contributed by atoms with Crippen molar-refractivity contribution in [1.82, 2.24) is 9.13 Å². The van der Waals surface area contributed by atoms with Crippen molar-refractivity contribution < 1.29 is 26.3 Å². The molecule has 3 heterocycles. The Kier molecular flexibility index (Phi) is 2.33. The largest absolute Gasteiger partial charge is 0.456 e. The molecule has 9 rings (SSSR count). The van der Waals surface area contributed by atoms with Crippen molar-refractivity contribution in [2.24, 2.45) is 0 Å². The van der Waals surface area contributed by atoms with Crippen molar-refractivity contribution in [2.75, 3.05) is 0 Å². The average molecular weight is 549 g/mol. The molecule has 0 bridgehead atoms. The van der Waals surface area contributed by atoms with E-state index in [9.17, 15) is 0 Å². The normalized spacial score (nSPS) is 17.7. The number of furan rings is 1. The number of benzene rings is 6. The summed E-state index contributed by atoms with van der Waals surface area (Å²) in [7, 11) is 0. The molecule has 0 saturated heterocycles. The smallest absolute Gasteiger partial charge is 0.139 e. The molecule has 0 atom stereocenters. The first-order chi connectivity index (χ1) is 26.4. The molecule has 0 aliphatic carbocycles. The second kappa shape index (κ2) is 8.01. The molecule has 40 heavy (non-hydrogen) atoms. The number of rotatable bonds is 2. The van der Waals surface area contributed by atoms with Gasteiger partial charge in [-0.25, -0.2) is 0 Å².